The molecule has 25 heavy (non-hydrogen) atoms. The number of nitrogens with one attached hydrogen (secondary N) is 2. The van der Waals surface area contributed by atoms with Gasteiger partial charge in [-0.15, -0.1) is 11.3 Å². The molecule has 0 bridgehead atoms. The van der Waals surface area contributed by atoms with Crippen LogP contribution in [0.1, 0.15) is 20.9 Å². The molecule has 0 aliphatic heterocycles. The molecular weight excluding hydrogens is 330 g/mol. The molecule has 0 aliphatic rings. The fraction of sp³-hybridized carbons (Fsp3) is 0.100. The van der Waals surface area contributed by atoms with Gasteiger partial charge in [-0.2, -0.15) is 0 Å². The number of fused-ring (bicyclic) bond motifs is 1. The standard InChI is InChI=1S/C20H17N3OS/c1-12-3-5-14(6-4-12)20-22-13(2)18(25-20)19(24)23-16-7-8-17-15(11-16)9-10-21-17/h3-11,21H,1-2H3,(H,23,24). The average Bonchev–Trinajstić information content (AvgIpc) is 3.21. The van der Waals surface area contributed by atoms with Crippen LogP contribution >= 0.6 is 11.3 Å². The Morgan fingerprint density at radius 2 is 1.88 bits per heavy atom. The number of carbonyl (C=O) groups is 1. The number of benzene rings is 2. The Hall–Kier alpha value is -2.92. The van der Waals surface area contributed by atoms with Gasteiger partial charge in [-0.05, 0) is 38.1 Å². The summed E-state index contributed by atoms with van der Waals surface area (Å²) in [4.78, 5) is 21.0. The molecular formula is C20H17N3OS. The molecule has 0 saturated heterocycles. The number of aryl methyl sites for hydroxylation is 2. The minimum Gasteiger partial charge on any atom is -0.361 e. The van der Waals surface area contributed by atoms with Crippen LogP contribution in [-0.2, 0) is 0 Å². The maximum atomic E-state index is 12.7. The smallest absolute Gasteiger partial charge is 0.267 e. The van der Waals surface area contributed by atoms with Crippen LogP contribution in [0, 0.1) is 13.8 Å². The highest BCUT2D eigenvalue weighted by atomic mass is 32.1. The summed E-state index contributed by atoms with van der Waals surface area (Å²) in [5.74, 6) is -0.122. The van der Waals surface area contributed by atoms with Gasteiger partial charge in [0.1, 0.15) is 9.88 Å². The molecule has 0 aliphatic carbocycles. The van der Waals surface area contributed by atoms with Crippen molar-refractivity contribution in [1.82, 2.24) is 9.97 Å². The summed E-state index contributed by atoms with van der Waals surface area (Å²) in [5, 5.41) is 4.91. The summed E-state index contributed by atoms with van der Waals surface area (Å²) in [7, 11) is 0. The molecule has 2 aromatic heterocycles. The molecule has 0 fully saturated rings. The van der Waals surface area contributed by atoms with Gasteiger partial charge in [0.05, 0.1) is 5.69 Å². The van der Waals surface area contributed by atoms with E-state index in [1.165, 1.54) is 16.9 Å². The van der Waals surface area contributed by atoms with E-state index in [0.717, 1.165) is 32.9 Å². The fourth-order valence-electron chi connectivity index (χ4n) is 2.75. The average molecular weight is 347 g/mol. The third-order valence-corrected chi connectivity index (χ3v) is 5.32. The molecule has 4 rings (SSSR count). The van der Waals surface area contributed by atoms with Crippen LogP contribution < -0.4 is 5.32 Å². The second kappa shape index (κ2) is 6.18. The highest BCUT2D eigenvalue weighted by molar-refractivity contribution is 7.17. The number of thiazole rings is 1. The first kappa shape index (κ1) is 15.6. The topological polar surface area (TPSA) is 57.8 Å². The van der Waals surface area contributed by atoms with Crippen LogP contribution in [0.2, 0.25) is 0 Å². The molecule has 124 valence electrons. The Kier molecular flexibility index (Phi) is 3.86. The lowest BCUT2D eigenvalue weighted by molar-refractivity contribution is 0.103. The summed E-state index contributed by atoms with van der Waals surface area (Å²) in [6.07, 6.45) is 1.89. The first-order chi connectivity index (χ1) is 12.1. The molecule has 2 aromatic carbocycles. The molecule has 4 nitrogen and oxygen atoms in total. The fourth-order valence-corrected chi connectivity index (χ4v) is 3.71. The van der Waals surface area contributed by atoms with Crippen molar-refractivity contribution in [3.05, 3.63) is 70.9 Å². The van der Waals surface area contributed by atoms with E-state index in [2.05, 4.69) is 34.3 Å². The van der Waals surface area contributed by atoms with Gasteiger partial charge in [0.25, 0.3) is 5.91 Å². The monoisotopic (exact) mass is 347 g/mol. The van der Waals surface area contributed by atoms with Crippen molar-refractivity contribution in [1.29, 1.82) is 0 Å². The van der Waals surface area contributed by atoms with Gasteiger partial charge in [0.2, 0.25) is 0 Å². The normalized spacial score (nSPS) is 11.0. The van der Waals surface area contributed by atoms with Gasteiger partial charge < -0.3 is 10.3 Å². The molecule has 0 radical (unpaired) electrons. The maximum absolute atomic E-state index is 12.7. The number of carbonyl (C=O) groups excluding carboxylic acids is 1. The molecule has 4 aromatic rings. The van der Waals surface area contributed by atoms with Crippen LogP contribution in [0.15, 0.2) is 54.7 Å². The van der Waals surface area contributed by atoms with Crippen molar-refractivity contribution in [2.24, 2.45) is 0 Å². The molecule has 0 spiro atoms. The molecule has 2 heterocycles. The Morgan fingerprint density at radius 3 is 2.68 bits per heavy atom. The van der Waals surface area contributed by atoms with Crippen molar-refractivity contribution in [2.75, 3.05) is 5.32 Å². The van der Waals surface area contributed by atoms with Gasteiger partial charge in [-0.1, -0.05) is 29.8 Å². The molecule has 5 heteroatoms. The first-order valence-electron chi connectivity index (χ1n) is 8.03. The van der Waals surface area contributed by atoms with E-state index in [1.807, 2.05) is 49.5 Å². The number of hydrogen-bond donors (Lipinski definition) is 2. The van der Waals surface area contributed by atoms with Crippen LogP contribution in [0.5, 0.6) is 0 Å². The molecule has 0 atom stereocenters. The van der Waals surface area contributed by atoms with Crippen molar-refractivity contribution in [2.45, 2.75) is 13.8 Å². The largest absolute Gasteiger partial charge is 0.361 e. The van der Waals surface area contributed by atoms with Gasteiger partial charge in [-0.3, -0.25) is 4.79 Å². The van der Waals surface area contributed by atoms with E-state index in [1.54, 1.807) is 0 Å². The van der Waals surface area contributed by atoms with Crippen molar-refractivity contribution in [3.63, 3.8) is 0 Å². The summed E-state index contributed by atoms with van der Waals surface area (Å²) >= 11 is 1.42. The zero-order valence-corrected chi connectivity index (χ0v) is 14.8. The summed E-state index contributed by atoms with van der Waals surface area (Å²) < 4.78 is 0. The summed E-state index contributed by atoms with van der Waals surface area (Å²) in [6.45, 7) is 3.93. The summed E-state index contributed by atoms with van der Waals surface area (Å²) in [6, 6.07) is 16.0. The van der Waals surface area contributed by atoms with E-state index in [-0.39, 0.29) is 5.91 Å². The van der Waals surface area contributed by atoms with Gasteiger partial charge in [0, 0.05) is 28.4 Å². The van der Waals surface area contributed by atoms with E-state index in [4.69, 9.17) is 0 Å². The second-order valence-electron chi connectivity index (χ2n) is 6.03. The van der Waals surface area contributed by atoms with Gasteiger partial charge in [0.15, 0.2) is 0 Å². The lowest BCUT2D eigenvalue weighted by atomic mass is 10.2. The van der Waals surface area contributed by atoms with E-state index < -0.39 is 0 Å². The van der Waals surface area contributed by atoms with E-state index in [9.17, 15) is 4.79 Å². The highest BCUT2D eigenvalue weighted by Gasteiger charge is 2.16. The van der Waals surface area contributed by atoms with Crippen molar-refractivity contribution < 1.29 is 4.79 Å². The number of nitrogens with zero attached hydrogens (tertiary/aromatic N) is 1. The minimum absolute atomic E-state index is 0.122. The SMILES string of the molecule is Cc1ccc(-c2nc(C)c(C(=O)Nc3ccc4[nH]ccc4c3)s2)cc1. The molecule has 2 N–H and O–H groups in total. The van der Waals surface area contributed by atoms with Crippen molar-refractivity contribution in [3.8, 4) is 10.6 Å². The highest BCUT2D eigenvalue weighted by Crippen LogP contribution is 2.29. The third-order valence-electron chi connectivity index (χ3n) is 4.11. The predicted octanol–water partition coefficient (Wildman–Crippen LogP) is 5.16. The van der Waals surface area contributed by atoms with E-state index >= 15 is 0 Å². The Bertz CT molecular complexity index is 1060. The van der Waals surface area contributed by atoms with Gasteiger partial charge in [-0.25, -0.2) is 4.98 Å². The lowest BCUT2D eigenvalue weighted by Gasteiger charge is -2.04. The van der Waals surface area contributed by atoms with Crippen LogP contribution in [0.4, 0.5) is 5.69 Å². The molecule has 0 saturated carbocycles. The Morgan fingerprint density at radius 1 is 1.08 bits per heavy atom. The number of anilines is 1. The zero-order valence-electron chi connectivity index (χ0n) is 14.0. The van der Waals surface area contributed by atoms with Crippen LogP contribution in [0.25, 0.3) is 21.5 Å². The van der Waals surface area contributed by atoms with Crippen molar-refractivity contribution >= 4 is 33.8 Å². The number of aromatic amines is 1. The molecule has 0 unspecified atom stereocenters. The first-order valence-corrected chi connectivity index (χ1v) is 8.85. The summed E-state index contributed by atoms with van der Waals surface area (Å²) in [5.41, 5.74) is 4.82. The number of amides is 1. The number of rotatable bonds is 3. The predicted molar refractivity (Wildman–Crippen MR) is 103 cm³/mol. The number of aromatic nitrogens is 2. The maximum Gasteiger partial charge on any atom is 0.267 e. The lowest BCUT2D eigenvalue weighted by Crippen LogP contribution is -2.11. The van der Waals surface area contributed by atoms with Gasteiger partial charge >= 0.3 is 0 Å². The van der Waals surface area contributed by atoms with Crippen LogP contribution in [-0.4, -0.2) is 15.9 Å². The number of H-pyrrole nitrogens is 1. The second-order valence-corrected chi connectivity index (χ2v) is 7.03. The minimum atomic E-state index is -0.122. The van der Waals surface area contributed by atoms with E-state index in [0.29, 0.717) is 4.88 Å². The zero-order chi connectivity index (χ0) is 17.4. The Balaban J connectivity index is 1.60. The molecule has 1 amide bonds. The Labute approximate surface area is 149 Å². The van der Waals surface area contributed by atoms with Crippen LogP contribution in [0.3, 0.4) is 0 Å². The third kappa shape index (κ3) is 3.06. The number of hydrogen-bond acceptors (Lipinski definition) is 3. The quantitative estimate of drug-likeness (QED) is 0.538.